The number of hydrogen-bond donors (Lipinski definition) is 2. The Kier molecular flexibility index (Phi) is 5.16. The minimum Gasteiger partial charge on any atom is -0.480 e. The molecule has 2 N–H and O–H groups in total. The van der Waals surface area contributed by atoms with E-state index in [1.54, 1.807) is 0 Å². The average Bonchev–Trinajstić information content (AvgIpc) is 2.28. The van der Waals surface area contributed by atoms with E-state index in [2.05, 4.69) is 5.32 Å². The Morgan fingerprint density at radius 1 is 1.28 bits per heavy atom. The molecule has 0 aliphatic heterocycles. The molecular formula is C14H22N2O2. The third kappa shape index (κ3) is 4.37. The second-order valence-electron chi connectivity index (χ2n) is 4.98. The maximum Gasteiger partial charge on any atom is 0.321 e. The highest BCUT2D eigenvalue weighted by Gasteiger charge is 2.18. The first kappa shape index (κ1) is 14.5. The Morgan fingerprint density at radius 2 is 1.83 bits per heavy atom. The van der Waals surface area contributed by atoms with E-state index in [9.17, 15) is 4.79 Å². The van der Waals surface area contributed by atoms with Gasteiger partial charge in [0.25, 0.3) is 0 Å². The lowest BCUT2D eigenvalue weighted by Gasteiger charge is -2.18. The van der Waals surface area contributed by atoms with Gasteiger partial charge in [0.1, 0.15) is 6.04 Å². The van der Waals surface area contributed by atoms with E-state index >= 15 is 0 Å². The highest BCUT2D eigenvalue weighted by atomic mass is 16.4. The van der Waals surface area contributed by atoms with Crippen LogP contribution in [0.5, 0.6) is 0 Å². The lowest BCUT2D eigenvalue weighted by atomic mass is 10.0. The van der Waals surface area contributed by atoms with Gasteiger partial charge in [-0.1, -0.05) is 26.0 Å². The molecule has 0 heterocycles. The van der Waals surface area contributed by atoms with Crippen LogP contribution in [0.1, 0.15) is 19.4 Å². The van der Waals surface area contributed by atoms with Crippen molar-refractivity contribution in [1.29, 1.82) is 0 Å². The minimum atomic E-state index is -0.805. The molecule has 0 aliphatic rings. The van der Waals surface area contributed by atoms with E-state index < -0.39 is 12.0 Å². The number of rotatable bonds is 6. The van der Waals surface area contributed by atoms with Crippen molar-refractivity contribution in [2.75, 3.05) is 19.0 Å². The molecule has 18 heavy (non-hydrogen) atoms. The molecule has 1 rings (SSSR count). The Bertz CT molecular complexity index is 385. The lowest BCUT2D eigenvalue weighted by molar-refractivity contribution is -0.139. The summed E-state index contributed by atoms with van der Waals surface area (Å²) < 4.78 is 0. The van der Waals surface area contributed by atoms with Gasteiger partial charge in [-0.2, -0.15) is 0 Å². The summed E-state index contributed by atoms with van der Waals surface area (Å²) in [4.78, 5) is 13.2. The standard InChI is InChI=1S/C14H22N2O2/c1-10(2)15-13(14(17)18)9-11-5-7-12(8-6-11)16(3)4/h5-8,10,13,15H,9H2,1-4H3,(H,17,18). The third-order valence-electron chi connectivity index (χ3n) is 2.73. The van der Waals surface area contributed by atoms with Crippen LogP contribution < -0.4 is 10.2 Å². The zero-order chi connectivity index (χ0) is 13.7. The number of anilines is 1. The van der Waals surface area contributed by atoms with Crippen LogP contribution >= 0.6 is 0 Å². The van der Waals surface area contributed by atoms with Crippen molar-refractivity contribution >= 4 is 11.7 Å². The third-order valence-corrected chi connectivity index (χ3v) is 2.73. The molecule has 0 aromatic heterocycles. The maximum atomic E-state index is 11.1. The molecule has 1 aromatic carbocycles. The van der Waals surface area contributed by atoms with Gasteiger partial charge in [-0.05, 0) is 24.1 Å². The van der Waals surface area contributed by atoms with Gasteiger partial charge in [-0.15, -0.1) is 0 Å². The first-order chi connectivity index (χ1) is 8.40. The largest absolute Gasteiger partial charge is 0.480 e. The topological polar surface area (TPSA) is 52.6 Å². The van der Waals surface area contributed by atoms with Gasteiger partial charge in [-0.3, -0.25) is 4.79 Å². The van der Waals surface area contributed by atoms with E-state index in [-0.39, 0.29) is 6.04 Å². The van der Waals surface area contributed by atoms with Crippen molar-refractivity contribution in [2.45, 2.75) is 32.4 Å². The van der Waals surface area contributed by atoms with Crippen molar-refractivity contribution in [3.8, 4) is 0 Å². The van der Waals surface area contributed by atoms with Crippen LogP contribution in [0.3, 0.4) is 0 Å². The summed E-state index contributed by atoms with van der Waals surface area (Å²) in [5.74, 6) is -0.805. The molecule has 0 radical (unpaired) electrons. The molecule has 0 bridgehead atoms. The molecule has 100 valence electrons. The molecule has 4 heteroatoms. The van der Waals surface area contributed by atoms with Crippen molar-refractivity contribution in [1.82, 2.24) is 5.32 Å². The van der Waals surface area contributed by atoms with Crippen LogP contribution in [0.25, 0.3) is 0 Å². The summed E-state index contributed by atoms with van der Waals surface area (Å²) in [6, 6.07) is 7.59. The van der Waals surface area contributed by atoms with E-state index in [1.807, 2.05) is 57.1 Å². The zero-order valence-electron chi connectivity index (χ0n) is 11.5. The fourth-order valence-corrected chi connectivity index (χ4v) is 1.79. The molecule has 0 aliphatic carbocycles. The first-order valence-corrected chi connectivity index (χ1v) is 6.15. The predicted molar refractivity (Wildman–Crippen MR) is 74.2 cm³/mol. The van der Waals surface area contributed by atoms with Gasteiger partial charge in [-0.25, -0.2) is 0 Å². The van der Waals surface area contributed by atoms with Crippen molar-refractivity contribution < 1.29 is 9.90 Å². The number of carbonyl (C=O) groups is 1. The van der Waals surface area contributed by atoms with E-state index in [1.165, 1.54) is 0 Å². The van der Waals surface area contributed by atoms with Crippen LogP contribution in [0.2, 0.25) is 0 Å². The van der Waals surface area contributed by atoms with Crippen molar-refractivity contribution in [3.05, 3.63) is 29.8 Å². The normalized spacial score (nSPS) is 12.5. The van der Waals surface area contributed by atoms with Gasteiger partial charge >= 0.3 is 5.97 Å². The molecule has 1 aromatic rings. The molecule has 1 unspecified atom stereocenters. The van der Waals surface area contributed by atoms with Crippen LogP contribution in [0, 0.1) is 0 Å². The average molecular weight is 250 g/mol. The molecule has 0 saturated heterocycles. The lowest BCUT2D eigenvalue weighted by Crippen LogP contribution is -2.42. The summed E-state index contributed by atoms with van der Waals surface area (Å²) in [6.07, 6.45) is 0.501. The molecule has 0 fully saturated rings. The Balaban J connectivity index is 2.72. The highest BCUT2D eigenvalue weighted by molar-refractivity contribution is 5.74. The van der Waals surface area contributed by atoms with Gasteiger partial charge in [0.15, 0.2) is 0 Å². The van der Waals surface area contributed by atoms with Crippen molar-refractivity contribution in [3.63, 3.8) is 0 Å². The summed E-state index contributed by atoms with van der Waals surface area (Å²) in [7, 11) is 3.96. The molecule has 0 amide bonds. The number of carboxylic acids is 1. The number of nitrogens with one attached hydrogen (secondary N) is 1. The Labute approximate surface area is 109 Å². The molecule has 0 saturated carbocycles. The molecule has 0 spiro atoms. The fourth-order valence-electron chi connectivity index (χ4n) is 1.79. The molecule has 4 nitrogen and oxygen atoms in total. The Hall–Kier alpha value is -1.55. The fraction of sp³-hybridized carbons (Fsp3) is 0.500. The summed E-state index contributed by atoms with van der Waals surface area (Å²) in [5, 5.41) is 12.2. The number of carboxylic acid groups (broad SMARTS) is 1. The number of nitrogens with zero attached hydrogens (tertiary/aromatic N) is 1. The summed E-state index contributed by atoms with van der Waals surface area (Å²) >= 11 is 0. The SMILES string of the molecule is CC(C)NC(Cc1ccc(N(C)C)cc1)C(=O)O. The quantitative estimate of drug-likeness (QED) is 0.807. The van der Waals surface area contributed by atoms with Gasteiger partial charge in [0.05, 0.1) is 0 Å². The summed E-state index contributed by atoms with van der Waals surface area (Å²) in [5.41, 5.74) is 2.14. The second kappa shape index (κ2) is 6.40. The first-order valence-electron chi connectivity index (χ1n) is 6.15. The van der Waals surface area contributed by atoms with Crippen LogP contribution in [-0.4, -0.2) is 37.3 Å². The van der Waals surface area contributed by atoms with E-state index in [4.69, 9.17) is 5.11 Å². The number of aliphatic carboxylic acids is 1. The van der Waals surface area contributed by atoms with E-state index in [0.29, 0.717) is 6.42 Å². The van der Waals surface area contributed by atoms with Crippen LogP contribution in [0.15, 0.2) is 24.3 Å². The molecular weight excluding hydrogens is 228 g/mol. The smallest absolute Gasteiger partial charge is 0.321 e. The second-order valence-corrected chi connectivity index (χ2v) is 4.98. The number of benzene rings is 1. The van der Waals surface area contributed by atoms with Gasteiger partial charge < -0.3 is 15.3 Å². The van der Waals surface area contributed by atoms with E-state index in [0.717, 1.165) is 11.3 Å². The zero-order valence-corrected chi connectivity index (χ0v) is 11.5. The van der Waals surface area contributed by atoms with Crippen LogP contribution in [-0.2, 0) is 11.2 Å². The summed E-state index contributed by atoms with van der Waals surface area (Å²) in [6.45, 7) is 3.90. The minimum absolute atomic E-state index is 0.159. The van der Waals surface area contributed by atoms with Crippen molar-refractivity contribution in [2.24, 2.45) is 0 Å². The number of hydrogen-bond acceptors (Lipinski definition) is 3. The Morgan fingerprint density at radius 3 is 2.22 bits per heavy atom. The predicted octanol–water partition coefficient (Wildman–Crippen LogP) is 1.75. The van der Waals surface area contributed by atoms with Gasteiger partial charge in [0, 0.05) is 25.8 Å². The highest BCUT2D eigenvalue weighted by Crippen LogP contribution is 2.13. The van der Waals surface area contributed by atoms with Gasteiger partial charge in [0.2, 0.25) is 0 Å². The van der Waals surface area contributed by atoms with Crippen LogP contribution in [0.4, 0.5) is 5.69 Å². The maximum absolute atomic E-state index is 11.1. The molecule has 1 atom stereocenters. The monoisotopic (exact) mass is 250 g/mol.